The lowest BCUT2D eigenvalue weighted by molar-refractivity contribution is -0.133. The first-order valence-electron chi connectivity index (χ1n) is 4.81. The van der Waals surface area contributed by atoms with Crippen molar-refractivity contribution in [3.63, 3.8) is 0 Å². The Morgan fingerprint density at radius 2 is 2.00 bits per heavy atom. The number of piperazine rings is 1. The van der Waals surface area contributed by atoms with Crippen LogP contribution in [0.4, 0.5) is 0 Å². The Balaban J connectivity index is 2.33. The fourth-order valence-corrected chi connectivity index (χ4v) is 1.68. The van der Waals surface area contributed by atoms with E-state index in [0.717, 1.165) is 11.1 Å². The predicted molar refractivity (Wildman–Crippen MR) is 55.1 cm³/mol. The molecule has 4 nitrogen and oxygen atoms in total. The minimum Gasteiger partial charge on any atom is -0.345 e. The van der Waals surface area contributed by atoms with Gasteiger partial charge in [-0.05, 0) is 18.1 Å². The lowest BCUT2D eigenvalue weighted by Crippen LogP contribution is -2.51. The molecule has 15 heavy (non-hydrogen) atoms. The molecule has 1 heterocycles. The Hall–Kier alpha value is -1.84. The molecule has 1 saturated heterocycles. The van der Waals surface area contributed by atoms with Crippen molar-refractivity contribution >= 4 is 11.8 Å². The average Bonchev–Trinajstić information content (AvgIpc) is 2.23. The molecular formula is C11H12N2O2. The average molecular weight is 204 g/mol. The minimum atomic E-state index is -0.549. The molecule has 4 heteroatoms. The molecule has 1 fully saturated rings. The van der Waals surface area contributed by atoms with Gasteiger partial charge in [0.15, 0.2) is 0 Å². The van der Waals surface area contributed by atoms with Gasteiger partial charge in [-0.2, -0.15) is 0 Å². The van der Waals surface area contributed by atoms with Crippen LogP contribution in [0.1, 0.15) is 17.2 Å². The molecule has 1 aliphatic heterocycles. The molecule has 0 aromatic heterocycles. The molecule has 0 spiro atoms. The van der Waals surface area contributed by atoms with Crippen LogP contribution in [0, 0.1) is 6.92 Å². The molecule has 1 aliphatic rings. The second-order valence-electron chi connectivity index (χ2n) is 3.57. The third kappa shape index (κ3) is 1.83. The molecule has 1 atom stereocenters. The predicted octanol–water partition coefficient (Wildman–Crippen LogP) is 0.282. The lowest BCUT2D eigenvalue weighted by Gasteiger charge is -2.24. The van der Waals surface area contributed by atoms with Crippen LogP contribution < -0.4 is 10.6 Å². The van der Waals surface area contributed by atoms with Crippen LogP contribution in [-0.2, 0) is 9.59 Å². The highest BCUT2D eigenvalue weighted by atomic mass is 16.2. The molecule has 0 radical (unpaired) electrons. The lowest BCUT2D eigenvalue weighted by atomic mass is 9.99. The number of hydrogen-bond acceptors (Lipinski definition) is 2. The van der Waals surface area contributed by atoms with Crippen molar-refractivity contribution in [2.45, 2.75) is 13.0 Å². The largest absolute Gasteiger partial charge is 0.345 e. The van der Waals surface area contributed by atoms with Gasteiger partial charge in [0.05, 0.1) is 6.54 Å². The van der Waals surface area contributed by atoms with Gasteiger partial charge in [-0.25, -0.2) is 0 Å². The van der Waals surface area contributed by atoms with E-state index in [0.29, 0.717) is 0 Å². The van der Waals surface area contributed by atoms with Crippen LogP contribution in [-0.4, -0.2) is 18.4 Å². The molecule has 2 rings (SSSR count). The molecule has 1 aromatic carbocycles. The van der Waals surface area contributed by atoms with Gasteiger partial charge >= 0.3 is 0 Å². The van der Waals surface area contributed by atoms with Crippen LogP contribution >= 0.6 is 0 Å². The number of nitrogens with one attached hydrogen (secondary N) is 2. The van der Waals surface area contributed by atoms with E-state index in [9.17, 15) is 9.59 Å². The zero-order chi connectivity index (χ0) is 10.8. The zero-order valence-electron chi connectivity index (χ0n) is 8.41. The number of rotatable bonds is 1. The van der Waals surface area contributed by atoms with Gasteiger partial charge in [-0.3, -0.25) is 9.59 Å². The van der Waals surface area contributed by atoms with Crippen molar-refractivity contribution in [2.75, 3.05) is 6.54 Å². The van der Waals surface area contributed by atoms with Crippen molar-refractivity contribution in [1.29, 1.82) is 0 Å². The summed E-state index contributed by atoms with van der Waals surface area (Å²) in [5.41, 5.74) is 1.85. The molecule has 1 unspecified atom stereocenters. The summed E-state index contributed by atoms with van der Waals surface area (Å²) < 4.78 is 0. The van der Waals surface area contributed by atoms with Crippen LogP contribution in [0.15, 0.2) is 24.3 Å². The van der Waals surface area contributed by atoms with E-state index < -0.39 is 6.04 Å². The Bertz CT molecular complexity index is 415. The van der Waals surface area contributed by atoms with Crippen LogP contribution in [0.3, 0.4) is 0 Å². The smallest absolute Gasteiger partial charge is 0.247 e. The van der Waals surface area contributed by atoms with Gasteiger partial charge in [0.2, 0.25) is 11.8 Å². The van der Waals surface area contributed by atoms with Gasteiger partial charge < -0.3 is 10.6 Å². The molecule has 0 bridgehead atoms. The van der Waals surface area contributed by atoms with E-state index in [2.05, 4.69) is 10.6 Å². The maximum absolute atomic E-state index is 11.6. The van der Waals surface area contributed by atoms with Gasteiger partial charge in [0.1, 0.15) is 6.04 Å². The standard InChI is InChI=1S/C11H12N2O2/c1-7-4-2-3-5-8(7)10-11(15)12-6-9(14)13-10/h2-5,10H,6H2,1H3,(H,12,15)(H,13,14). The van der Waals surface area contributed by atoms with Crippen molar-refractivity contribution in [2.24, 2.45) is 0 Å². The minimum absolute atomic E-state index is 0.0706. The first-order chi connectivity index (χ1) is 7.18. The molecule has 1 aromatic rings. The van der Waals surface area contributed by atoms with E-state index in [1.54, 1.807) is 0 Å². The molecule has 2 N–H and O–H groups in total. The summed E-state index contributed by atoms with van der Waals surface area (Å²) in [4.78, 5) is 22.7. The highest BCUT2D eigenvalue weighted by Crippen LogP contribution is 2.18. The number of aryl methyl sites for hydroxylation is 1. The van der Waals surface area contributed by atoms with E-state index in [1.807, 2.05) is 31.2 Å². The van der Waals surface area contributed by atoms with E-state index >= 15 is 0 Å². The highest BCUT2D eigenvalue weighted by Gasteiger charge is 2.27. The first kappa shape index (κ1) is 9.71. The van der Waals surface area contributed by atoms with E-state index in [1.165, 1.54) is 0 Å². The van der Waals surface area contributed by atoms with E-state index in [-0.39, 0.29) is 18.4 Å². The van der Waals surface area contributed by atoms with Crippen LogP contribution in [0.2, 0.25) is 0 Å². The Morgan fingerprint density at radius 3 is 2.73 bits per heavy atom. The molecule has 0 saturated carbocycles. The number of carbonyl (C=O) groups excluding carboxylic acids is 2. The summed E-state index contributed by atoms with van der Waals surface area (Å²) in [5.74, 6) is -0.299. The third-order valence-electron chi connectivity index (χ3n) is 2.49. The topological polar surface area (TPSA) is 58.2 Å². The summed E-state index contributed by atoms with van der Waals surface area (Å²) in [5, 5.41) is 5.23. The van der Waals surface area contributed by atoms with Gasteiger partial charge in [0, 0.05) is 0 Å². The fourth-order valence-electron chi connectivity index (χ4n) is 1.68. The van der Waals surface area contributed by atoms with Gasteiger partial charge in [0.25, 0.3) is 0 Å². The Labute approximate surface area is 87.7 Å². The van der Waals surface area contributed by atoms with Crippen molar-refractivity contribution < 1.29 is 9.59 Å². The van der Waals surface area contributed by atoms with Crippen molar-refractivity contribution in [3.8, 4) is 0 Å². The Kier molecular flexibility index (Phi) is 2.41. The second-order valence-corrected chi connectivity index (χ2v) is 3.57. The first-order valence-corrected chi connectivity index (χ1v) is 4.81. The molecule has 2 amide bonds. The quantitative estimate of drug-likeness (QED) is 0.690. The van der Waals surface area contributed by atoms with Crippen LogP contribution in [0.5, 0.6) is 0 Å². The molecule has 78 valence electrons. The molecule has 0 aliphatic carbocycles. The molecular weight excluding hydrogens is 192 g/mol. The monoisotopic (exact) mass is 204 g/mol. The number of amides is 2. The summed E-state index contributed by atoms with van der Waals surface area (Å²) in [6.45, 7) is 1.99. The number of hydrogen-bond donors (Lipinski definition) is 2. The maximum Gasteiger partial charge on any atom is 0.247 e. The summed E-state index contributed by atoms with van der Waals surface area (Å²) >= 11 is 0. The maximum atomic E-state index is 11.6. The summed E-state index contributed by atoms with van der Waals surface area (Å²) in [6, 6.07) is 6.99. The fraction of sp³-hybridized carbons (Fsp3) is 0.273. The summed E-state index contributed by atoms with van der Waals surface area (Å²) in [7, 11) is 0. The SMILES string of the molecule is Cc1ccccc1C1NC(=O)CNC1=O. The zero-order valence-corrected chi connectivity index (χ0v) is 8.41. The third-order valence-corrected chi connectivity index (χ3v) is 2.49. The van der Waals surface area contributed by atoms with Crippen LogP contribution in [0.25, 0.3) is 0 Å². The van der Waals surface area contributed by atoms with Gasteiger partial charge in [-0.15, -0.1) is 0 Å². The second kappa shape index (κ2) is 3.73. The highest BCUT2D eigenvalue weighted by molar-refractivity contribution is 5.95. The normalized spacial score (nSPS) is 20.7. The number of carbonyl (C=O) groups is 2. The Morgan fingerprint density at radius 1 is 1.27 bits per heavy atom. The summed E-state index contributed by atoms with van der Waals surface area (Å²) in [6.07, 6.45) is 0. The van der Waals surface area contributed by atoms with Crippen molar-refractivity contribution in [1.82, 2.24) is 10.6 Å². The van der Waals surface area contributed by atoms with Gasteiger partial charge in [-0.1, -0.05) is 24.3 Å². The van der Waals surface area contributed by atoms with E-state index in [4.69, 9.17) is 0 Å². The number of benzene rings is 1. The van der Waals surface area contributed by atoms with Crippen molar-refractivity contribution in [3.05, 3.63) is 35.4 Å².